The summed E-state index contributed by atoms with van der Waals surface area (Å²) >= 11 is 12.7. The Bertz CT molecular complexity index is 1520. The lowest BCUT2D eigenvalue weighted by Gasteiger charge is -2.23. The van der Waals surface area contributed by atoms with E-state index >= 15 is 0 Å². The van der Waals surface area contributed by atoms with Gasteiger partial charge in [0.25, 0.3) is 0 Å². The van der Waals surface area contributed by atoms with E-state index < -0.39 is 20.3 Å². The van der Waals surface area contributed by atoms with E-state index in [0.717, 1.165) is 17.0 Å². The summed E-state index contributed by atoms with van der Waals surface area (Å²) in [4.78, 5) is 13.0. The van der Waals surface area contributed by atoms with Crippen LogP contribution in [0.5, 0.6) is 5.75 Å². The van der Waals surface area contributed by atoms with Crippen LogP contribution in [0.2, 0.25) is 0 Å². The molecule has 0 bridgehead atoms. The minimum Gasteiger partial charge on any atom is -0.394 e. The highest BCUT2D eigenvalue weighted by Crippen LogP contribution is 2.36. The molecule has 2 heterocycles. The number of rotatable bonds is 14. The van der Waals surface area contributed by atoms with E-state index in [1.165, 1.54) is 16.8 Å². The number of fused-ring (bicyclic) bond motifs is 1. The number of thiophene rings is 1. The van der Waals surface area contributed by atoms with Crippen molar-refractivity contribution in [3.8, 4) is 5.75 Å². The molecule has 2 aromatic carbocycles. The molecule has 39 heavy (non-hydrogen) atoms. The summed E-state index contributed by atoms with van der Waals surface area (Å²) < 4.78 is 34.4. The Balaban J connectivity index is 1.70. The number of aliphatic hydroxyl groups is 1. The summed E-state index contributed by atoms with van der Waals surface area (Å²) in [6.45, 7) is 1.12. The van der Waals surface area contributed by atoms with E-state index in [1.54, 1.807) is 41.8 Å². The minimum absolute atomic E-state index is 0.0910. The summed E-state index contributed by atoms with van der Waals surface area (Å²) in [6.07, 6.45) is -0.188. The van der Waals surface area contributed by atoms with Gasteiger partial charge in [0.05, 0.1) is 23.6 Å². The average Bonchev–Trinajstić information content (AvgIpc) is 3.54. The first-order valence-corrected chi connectivity index (χ1v) is 15.2. The maximum atomic E-state index is 13.7. The van der Waals surface area contributed by atoms with Gasteiger partial charge in [-0.15, -0.1) is 28.3 Å². The van der Waals surface area contributed by atoms with Gasteiger partial charge in [0.1, 0.15) is 16.5 Å². The molecule has 208 valence electrons. The molecular weight excluding hydrogens is 589 g/mol. The van der Waals surface area contributed by atoms with Crippen molar-refractivity contribution in [3.63, 3.8) is 0 Å². The molecule has 0 fully saturated rings. The van der Waals surface area contributed by atoms with Crippen LogP contribution in [0.25, 0.3) is 11.0 Å². The number of hydrogen-bond donors (Lipinski definition) is 1. The first-order chi connectivity index (χ1) is 18.8. The predicted molar refractivity (Wildman–Crippen MR) is 152 cm³/mol. The summed E-state index contributed by atoms with van der Waals surface area (Å²) in [6, 6.07) is 12.9. The van der Waals surface area contributed by atoms with E-state index in [0.29, 0.717) is 41.4 Å². The number of nitrogens with zero attached hydrogens (tertiary/aromatic N) is 5. The van der Waals surface area contributed by atoms with E-state index in [9.17, 15) is 23.6 Å². The van der Waals surface area contributed by atoms with Gasteiger partial charge in [0, 0.05) is 42.5 Å². The minimum atomic E-state index is -4.35. The highest BCUT2D eigenvalue weighted by molar-refractivity contribution is 7.87. The fraction of sp³-hybridized carbons (Fsp3) is 0.333. The van der Waals surface area contributed by atoms with E-state index in [1.807, 2.05) is 4.90 Å². The molecule has 0 aliphatic rings. The molecule has 2 aromatic heterocycles. The zero-order valence-corrected chi connectivity index (χ0v) is 23.7. The number of nitro groups is 1. The molecular formula is C24H25Cl2N5O6S2. The molecule has 0 spiro atoms. The number of hydrogen-bond acceptors (Lipinski definition) is 10. The van der Waals surface area contributed by atoms with Crippen LogP contribution in [-0.2, 0) is 23.1 Å². The number of halogens is 2. The SMILES string of the molecule is O=[N+]([O-])c1sccc1CC(c1ccc2nnn(CCO)c2c1)S(=O)(=O)Oc1ccc(N(CCCl)CCCl)cc1. The second kappa shape index (κ2) is 12.9. The zero-order valence-electron chi connectivity index (χ0n) is 20.5. The van der Waals surface area contributed by atoms with Gasteiger partial charge in [-0.3, -0.25) is 10.1 Å². The van der Waals surface area contributed by atoms with Gasteiger partial charge in [-0.05, 0) is 53.4 Å². The highest BCUT2D eigenvalue weighted by atomic mass is 35.5. The lowest BCUT2D eigenvalue weighted by Crippen LogP contribution is -2.27. The monoisotopic (exact) mass is 613 g/mol. The Morgan fingerprint density at radius 2 is 1.85 bits per heavy atom. The molecule has 0 amide bonds. The zero-order chi connectivity index (χ0) is 28.0. The third-order valence-corrected chi connectivity index (χ3v) is 8.79. The molecule has 0 saturated carbocycles. The van der Waals surface area contributed by atoms with Crippen LogP contribution in [0.4, 0.5) is 10.7 Å². The number of benzene rings is 2. The molecule has 0 aliphatic heterocycles. The van der Waals surface area contributed by atoms with E-state index in [2.05, 4.69) is 10.3 Å². The third-order valence-electron chi connectivity index (χ3n) is 5.99. The lowest BCUT2D eigenvalue weighted by atomic mass is 10.0. The van der Waals surface area contributed by atoms with Crippen molar-refractivity contribution in [1.29, 1.82) is 0 Å². The van der Waals surface area contributed by atoms with Crippen LogP contribution in [0.3, 0.4) is 0 Å². The van der Waals surface area contributed by atoms with Gasteiger partial charge in [0.15, 0.2) is 0 Å². The van der Waals surface area contributed by atoms with Crippen molar-refractivity contribution in [3.05, 3.63) is 75.2 Å². The molecule has 4 aromatic rings. The van der Waals surface area contributed by atoms with Crippen LogP contribution in [0, 0.1) is 10.1 Å². The first kappa shape index (κ1) is 29.0. The summed E-state index contributed by atoms with van der Waals surface area (Å²) in [7, 11) is -4.35. The molecule has 4 rings (SSSR count). The molecule has 1 atom stereocenters. The maximum Gasteiger partial charge on any atom is 0.327 e. The standard InChI is InChI=1S/C24H25Cl2N5O6S2/c25-8-10-29(11-9-26)19-2-4-20(5-3-19)37-39(35,36)23(16-18-7-14-38-24(18)31(33)34)17-1-6-21-22(15-17)30(12-13-32)28-27-21/h1-7,14-15,23,32H,8-13,16H2. The summed E-state index contributed by atoms with van der Waals surface area (Å²) in [5.74, 6) is 0.891. The number of alkyl halides is 2. The molecule has 11 nitrogen and oxygen atoms in total. The third kappa shape index (κ3) is 6.79. The highest BCUT2D eigenvalue weighted by Gasteiger charge is 2.33. The first-order valence-electron chi connectivity index (χ1n) is 11.8. The van der Waals surface area contributed by atoms with Gasteiger partial charge < -0.3 is 14.2 Å². The van der Waals surface area contributed by atoms with Crippen molar-refractivity contribution in [2.24, 2.45) is 0 Å². The fourth-order valence-electron chi connectivity index (χ4n) is 4.15. The topological polar surface area (TPSA) is 141 Å². The van der Waals surface area contributed by atoms with Crippen molar-refractivity contribution in [1.82, 2.24) is 15.0 Å². The predicted octanol–water partition coefficient (Wildman–Crippen LogP) is 4.37. The molecule has 0 saturated heterocycles. The number of aliphatic hydroxyl groups excluding tert-OH is 1. The Morgan fingerprint density at radius 1 is 1.13 bits per heavy atom. The fourth-order valence-corrected chi connectivity index (χ4v) is 6.67. The average molecular weight is 615 g/mol. The Morgan fingerprint density at radius 3 is 2.49 bits per heavy atom. The van der Waals surface area contributed by atoms with E-state index in [-0.39, 0.29) is 35.9 Å². The number of aromatic nitrogens is 3. The molecule has 15 heteroatoms. The van der Waals surface area contributed by atoms with Crippen LogP contribution in [0.15, 0.2) is 53.9 Å². The van der Waals surface area contributed by atoms with Gasteiger partial charge in [0.2, 0.25) is 0 Å². The Hall–Kier alpha value is -2.97. The van der Waals surface area contributed by atoms with Crippen LogP contribution >= 0.6 is 34.5 Å². The van der Waals surface area contributed by atoms with Crippen molar-refractivity contribution in [2.45, 2.75) is 18.2 Å². The van der Waals surface area contributed by atoms with Gasteiger partial charge in [-0.25, -0.2) is 4.68 Å². The van der Waals surface area contributed by atoms with E-state index in [4.69, 9.17) is 27.4 Å². The van der Waals surface area contributed by atoms with Crippen molar-refractivity contribution >= 4 is 66.4 Å². The Kier molecular flexibility index (Phi) is 9.62. The van der Waals surface area contributed by atoms with Gasteiger partial charge in [-0.2, -0.15) is 8.42 Å². The summed E-state index contributed by atoms with van der Waals surface area (Å²) in [5.41, 5.74) is 2.46. The smallest absolute Gasteiger partial charge is 0.327 e. The quantitative estimate of drug-likeness (QED) is 0.0949. The molecule has 1 N–H and O–H groups in total. The van der Waals surface area contributed by atoms with Crippen LogP contribution in [-0.4, -0.2) is 64.9 Å². The van der Waals surface area contributed by atoms with Crippen LogP contribution in [0.1, 0.15) is 16.4 Å². The summed E-state index contributed by atoms with van der Waals surface area (Å²) in [5, 5.41) is 29.1. The number of anilines is 1. The van der Waals surface area contributed by atoms with Crippen LogP contribution < -0.4 is 9.08 Å². The molecule has 1 unspecified atom stereocenters. The van der Waals surface area contributed by atoms with Gasteiger partial charge in [-0.1, -0.05) is 22.6 Å². The Labute approximate surface area is 238 Å². The van der Waals surface area contributed by atoms with Gasteiger partial charge >= 0.3 is 15.1 Å². The van der Waals surface area contributed by atoms with Crippen molar-refractivity contribution < 1.29 is 22.6 Å². The maximum absolute atomic E-state index is 13.7. The largest absolute Gasteiger partial charge is 0.394 e. The molecule has 0 radical (unpaired) electrons. The molecule has 0 aliphatic carbocycles. The second-order valence-corrected chi connectivity index (χ2v) is 11.8. The van der Waals surface area contributed by atoms with Crippen molar-refractivity contribution in [2.75, 3.05) is 36.4 Å². The normalized spacial score (nSPS) is 12.5. The second-order valence-electron chi connectivity index (χ2n) is 8.42. The lowest BCUT2D eigenvalue weighted by molar-refractivity contribution is -0.380.